The van der Waals surface area contributed by atoms with Crippen LogP contribution in [0, 0.1) is 11.3 Å². The summed E-state index contributed by atoms with van der Waals surface area (Å²) in [7, 11) is 1.24. The third-order valence-electron chi connectivity index (χ3n) is 6.10. The SMILES string of the molecule is CNC(=O)C(=O)C(CC1CCNC1=O)NC(=O)c1cc(Cl)ccc1NC(=O)C1(CC(F)(F)F)CC1. The lowest BCUT2D eigenvalue weighted by Crippen LogP contribution is -2.48. The number of Topliss-reactive ketones (excluding diaryl/α,β-unsaturated/α-hetero) is 1. The second-order valence-corrected chi connectivity index (χ2v) is 9.13. The summed E-state index contributed by atoms with van der Waals surface area (Å²) in [6.07, 6.45) is -5.44. The Morgan fingerprint density at radius 1 is 1.23 bits per heavy atom. The summed E-state index contributed by atoms with van der Waals surface area (Å²) in [6, 6.07) is 2.42. The van der Waals surface area contributed by atoms with E-state index in [0.717, 1.165) is 0 Å². The standard InChI is InChI=1S/C22H24ClF3N4O5/c1-27-19(34)16(31)15(8-11-4-7-28-17(11)32)29-18(33)13-9-12(23)2-3-14(13)30-20(35)21(5-6-21)10-22(24,25)26/h2-3,9,11,15H,4-8,10H2,1H3,(H,27,34)(H,28,32)(H,29,33)(H,30,35). The summed E-state index contributed by atoms with van der Waals surface area (Å²) in [5, 5.41) is 9.66. The fourth-order valence-corrected chi connectivity index (χ4v) is 4.16. The van der Waals surface area contributed by atoms with Crippen LogP contribution in [0.1, 0.15) is 42.5 Å². The minimum Gasteiger partial charge on any atom is -0.356 e. The van der Waals surface area contributed by atoms with Crippen LogP contribution < -0.4 is 21.3 Å². The first-order valence-electron chi connectivity index (χ1n) is 10.9. The zero-order valence-electron chi connectivity index (χ0n) is 18.7. The molecule has 190 valence electrons. The van der Waals surface area contributed by atoms with Crippen LogP contribution in [0.2, 0.25) is 5.02 Å². The molecule has 2 unspecified atom stereocenters. The Balaban J connectivity index is 1.82. The zero-order chi connectivity index (χ0) is 26.0. The molecule has 35 heavy (non-hydrogen) atoms. The molecule has 2 aliphatic rings. The van der Waals surface area contributed by atoms with E-state index in [1.165, 1.54) is 25.2 Å². The van der Waals surface area contributed by atoms with E-state index in [9.17, 15) is 37.1 Å². The third kappa shape index (κ3) is 6.50. The average Bonchev–Trinajstić information content (AvgIpc) is 3.45. The number of halogens is 4. The summed E-state index contributed by atoms with van der Waals surface area (Å²) in [6.45, 7) is 0.391. The Labute approximate surface area is 203 Å². The number of carbonyl (C=O) groups is 5. The van der Waals surface area contributed by atoms with E-state index in [1.54, 1.807) is 0 Å². The van der Waals surface area contributed by atoms with E-state index in [-0.39, 0.29) is 41.4 Å². The first-order valence-corrected chi connectivity index (χ1v) is 11.3. The lowest BCUT2D eigenvalue weighted by atomic mass is 9.95. The second kappa shape index (κ2) is 10.2. The number of anilines is 1. The fraction of sp³-hybridized carbons (Fsp3) is 0.500. The Bertz CT molecular complexity index is 1060. The molecule has 1 aliphatic carbocycles. The molecule has 3 rings (SSSR count). The molecule has 0 radical (unpaired) electrons. The molecule has 4 amide bonds. The van der Waals surface area contributed by atoms with Crippen LogP contribution in [0.25, 0.3) is 0 Å². The molecule has 9 nitrogen and oxygen atoms in total. The Kier molecular flexibility index (Phi) is 7.73. The van der Waals surface area contributed by atoms with Gasteiger partial charge in [0, 0.05) is 24.5 Å². The van der Waals surface area contributed by atoms with E-state index >= 15 is 0 Å². The van der Waals surface area contributed by atoms with Crippen molar-refractivity contribution in [3.63, 3.8) is 0 Å². The minimum absolute atomic E-state index is 0.0552. The monoisotopic (exact) mass is 516 g/mol. The molecule has 0 spiro atoms. The highest BCUT2D eigenvalue weighted by Crippen LogP contribution is 2.53. The number of benzene rings is 1. The highest BCUT2D eigenvalue weighted by molar-refractivity contribution is 6.38. The molecule has 1 saturated carbocycles. The van der Waals surface area contributed by atoms with Crippen molar-refractivity contribution >= 4 is 46.7 Å². The molecule has 1 aromatic rings. The van der Waals surface area contributed by atoms with Crippen molar-refractivity contribution in [1.82, 2.24) is 16.0 Å². The van der Waals surface area contributed by atoms with Crippen LogP contribution in [0.5, 0.6) is 0 Å². The molecule has 4 N–H and O–H groups in total. The lowest BCUT2D eigenvalue weighted by molar-refractivity contribution is -0.155. The van der Waals surface area contributed by atoms with Crippen molar-refractivity contribution < 1.29 is 37.1 Å². The van der Waals surface area contributed by atoms with Gasteiger partial charge in [0.15, 0.2) is 0 Å². The highest BCUT2D eigenvalue weighted by atomic mass is 35.5. The van der Waals surface area contributed by atoms with Crippen LogP contribution >= 0.6 is 11.6 Å². The van der Waals surface area contributed by atoms with Gasteiger partial charge >= 0.3 is 6.18 Å². The molecule has 0 aromatic heterocycles. The van der Waals surface area contributed by atoms with Crippen molar-refractivity contribution in [2.24, 2.45) is 11.3 Å². The van der Waals surface area contributed by atoms with Gasteiger partial charge in [-0.2, -0.15) is 13.2 Å². The number of rotatable bonds is 9. The zero-order valence-corrected chi connectivity index (χ0v) is 19.4. The Morgan fingerprint density at radius 3 is 2.46 bits per heavy atom. The van der Waals surface area contributed by atoms with Crippen molar-refractivity contribution in [3.8, 4) is 0 Å². The topological polar surface area (TPSA) is 133 Å². The van der Waals surface area contributed by atoms with Gasteiger partial charge in [0.1, 0.15) is 0 Å². The second-order valence-electron chi connectivity index (χ2n) is 8.70. The first kappa shape index (κ1) is 26.5. The van der Waals surface area contributed by atoms with Gasteiger partial charge < -0.3 is 21.3 Å². The smallest absolute Gasteiger partial charge is 0.356 e. The molecule has 2 atom stereocenters. The average molecular weight is 517 g/mol. The van der Waals surface area contributed by atoms with E-state index in [2.05, 4.69) is 21.3 Å². The normalized spacial score (nSPS) is 19.3. The molecule has 13 heteroatoms. The van der Waals surface area contributed by atoms with Crippen molar-refractivity contribution in [1.29, 1.82) is 0 Å². The summed E-state index contributed by atoms with van der Waals surface area (Å²) in [5.41, 5.74) is -1.91. The van der Waals surface area contributed by atoms with Crippen LogP contribution in [0.15, 0.2) is 18.2 Å². The molecular weight excluding hydrogens is 493 g/mol. The summed E-state index contributed by atoms with van der Waals surface area (Å²) >= 11 is 5.99. The lowest BCUT2D eigenvalue weighted by Gasteiger charge is -2.21. The van der Waals surface area contributed by atoms with Crippen LogP contribution in [0.4, 0.5) is 18.9 Å². The number of hydrogen-bond donors (Lipinski definition) is 4. The van der Waals surface area contributed by atoms with Crippen LogP contribution in [0.3, 0.4) is 0 Å². The fourth-order valence-electron chi connectivity index (χ4n) is 3.99. The Hall–Kier alpha value is -3.15. The largest absolute Gasteiger partial charge is 0.390 e. The van der Waals surface area contributed by atoms with Gasteiger partial charge in [-0.05, 0) is 43.9 Å². The van der Waals surface area contributed by atoms with E-state index in [4.69, 9.17) is 11.6 Å². The minimum atomic E-state index is -4.53. The van der Waals surface area contributed by atoms with Gasteiger partial charge in [-0.25, -0.2) is 0 Å². The van der Waals surface area contributed by atoms with Crippen LogP contribution in [-0.4, -0.2) is 55.2 Å². The number of nitrogens with one attached hydrogen (secondary N) is 4. The van der Waals surface area contributed by atoms with Crippen molar-refractivity contribution in [2.75, 3.05) is 18.9 Å². The summed E-state index contributed by atoms with van der Waals surface area (Å²) < 4.78 is 38.7. The van der Waals surface area contributed by atoms with Gasteiger partial charge in [0.2, 0.25) is 17.6 Å². The molecule has 1 aromatic carbocycles. The predicted octanol–water partition coefficient (Wildman–Crippen LogP) is 1.95. The van der Waals surface area contributed by atoms with Gasteiger partial charge in [-0.15, -0.1) is 0 Å². The third-order valence-corrected chi connectivity index (χ3v) is 6.34. The van der Waals surface area contributed by atoms with E-state index in [1.807, 2.05) is 0 Å². The quantitative estimate of drug-likeness (QED) is 0.372. The maximum atomic E-state index is 13.1. The number of alkyl halides is 3. The number of carbonyl (C=O) groups excluding carboxylic acids is 5. The predicted molar refractivity (Wildman–Crippen MR) is 118 cm³/mol. The molecule has 2 fully saturated rings. The molecular formula is C22H24ClF3N4O5. The number of amides is 4. The van der Waals surface area contributed by atoms with Crippen molar-refractivity contribution in [3.05, 3.63) is 28.8 Å². The van der Waals surface area contributed by atoms with Crippen LogP contribution in [-0.2, 0) is 19.2 Å². The van der Waals surface area contributed by atoms with Gasteiger partial charge in [-0.1, -0.05) is 11.6 Å². The maximum Gasteiger partial charge on any atom is 0.390 e. The van der Waals surface area contributed by atoms with E-state index < -0.39 is 53.5 Å². The van der Waals surface area contributed by atoms with Crippen molar-refractivity contribution in [2.45, 2.75) is 44.3 Å². The summed E-state index contributed by atoms with van der Waals surface area (Å²) in [5.74, 6) is -4.66. The van der Waals surface area contributed by atoms with Gasteiger partial charge in [-0.3, -0.25) is 24.0 Å². The highest BCUT2D eigenvalue weighted by Gasteiger charge is 2.56. The molecule has 0 bridgehead atoms. The molecule has 1 saturated heterocycles. The number of hydrogen-bond acceptors (Lipinski definition) is 5. The van der Waals surface area contributed by atoms with E-state index in [0.29, 0.717) is 13.0 Å². The van der Waals surface area contributed by atoms with Gasteiger partial charge in [0.05, 0.1) is 29.1 Å². The molecule has 1 heterocycles. The van der Waals surface area contributed by atoms with Gasteiger partial charge in [0.25, 0.3) is 11.8 Å². The molecule has 1 aliphatic heterocycles. The maximum absolute atomic E-state index is 13.1. The number of ketones is 1. The summed E-state index contributed by atoms with van der Waals surface area (Å²) in [4.78, 5) is 62.2. The first-order chi connectivity index (χ1) is 16.3. The Morgan fingerprint density at radius 2 is 1.91 bits per heavy atom. The number of likely N-dealkylation sites (N-methyl/N-ethyl adjacent to an activating group) is 1.